The summed E-state index contributed by atoms with van der Waals surface area (Å²) < 4.78 is 12.1. The highest BCUT2D eigenvalue weighted by molar-refractivity contribution is 7.11. The van der Waals surface area contributed by atoms with Crippen LogP contribution in [0.5, 0.6) is 0 Å². The fourth-order valence-electron chi connectivity index (χ4n) is 1.69. The zero-order valence-corrected chi connectivity index (χ0v) is 8.53. The molecule has 13 heavy (non-hydrogen) atoms. The summed E-state index contributed by atoms with van der Waals surface area (Å²) in [4.78, 5) is 7.96. The number of aromatic nitrogens is 1. The van der Waals surface area contributed by atoms with E-state index in [-0.39, 0.29) is 6.67 Å². The summed E-state index contributed by atoms with van der Waals surface area (Å²) >= 11 is 1.78. The van der Waals surface area contributed by atoms with Crippen molar-refractivity contribution >= 4 is 11.3 Å². The maximum atomic E-state index is 12.1. The molecule has 1 aliphatic rings. The highest BCUT2D eigenvalue weighted by Crippen LogP contribution is 2.23. The summed E-state index contributed by atoms with van der Waals surface area (Å²) in [6, 6.07) is 0. The Bertz CT molecular complexity index is 298. The second-order valence-electron chi connectivity index (χ2n) is 3.32. The van der Waals surface area contributed by atoms with E-state index in [4.69, 9.17) is 0 Å². The second kappa shape index (κ2) is 3.72. The van der Waals surface area contributed by atoms with Crippen LogP contribution in [0.1, 0.15) is 15.6 Å². The van der Waals surface area contributed by atoms with Crippen molar-refractivity contribution in [2.75, 3.05) is 19.8 Å². The molecule has 2 rings (SSSR count). The normalized spacial score (nSPS) is 17.4. The predicted octanol–water partition coefficient (Wildman–Crippen LogP) is 1.78. The van der Waals surface area contributed by atoms with Gasteiger partial charge in [-0.3, -0.25) is 4.90 Å². The molecule has 0 fully saturated rings. The number of alkyl halides is 1. The molecule has 0 saturated carbocycles. The number of fused-ring (bicyclic) bond motifs is 1. The fraction of sp³-hybridized carbons (Fsp3) is 0.667. The van der Waals surface area contributed by atoms with Crippen molar-refractivity contribution in [3.63, 3.8) is 0 Å². The van der Waals surface area contributed by atoms with Crippen LogP contribution >= 0.6 is 11.3 Å². The van der Waals surface area contributed by atoms with Gasteiger partial charge in [-0.25, -0.2) is 9.37 Å². The van der Waals surface area contributed by atoms with Crippen molar-refractivity contribution in [1.82, 2.24) is 9.88 Å². The third kappa shape index (κ3) is 1.89. The van der Waals surface area contributed by atoms with Gasteiger partial charge in [0.2, 0.25) is 0 Å². The average Bonchev–Trinajstić information content (AvgIpc) is 2.44. The molecule has 0 spiro atoms. The monoisotopic (exact) mass is 200 g/mol. The number of hydrogen-bond acceptors (Lipinski definition) is 3. The molecule has 0 aromatic carbocycles. The SMILES string of the molecule is Cc1nc2c(s1)CCN(CCF)C2. The summed E-state index contributed by atoms with van der Waals surface area (Å²) in [5.41, 5.74) is 1.17. The quantitative estimate of drug-likeness (QED) is 0.723. The summed E-state index contributed by atoms with van der Waals surface area (Å²) in [6.45, 7) is 4.15. The molecule has 0 unspecified atom stereocenters. The average molecular weight is 200 g/mol. The van der Waals surface area contributed by atoms with Gasteiger partial charge < -0.3 is 0 Å². The van der Waals surface area contributed by atoms with Crippen molar-refractivity contribution in [3.05, 3.63) is 15.6 Å². The van der Waals surface area contributed by atoms with E-state index >= 15 is 0 Å². The number of halogens is 1. The minimum atomic E-state index is -0.252. The standard InChI is InChI=1S/C9H13FN2S/c1-7-11-8-6-12(5-3-10)4-2-9(8)13-7/h2-6H2,1H3. The number of nitrogens with zero attached hydrogens (tertiary/aromatic N) is 2. The molecular weight excluding hydrogens is 187 g/mol. The first-order valence-electron chi connectivity index (χ1n) is 4.53. The molecule has 1 aromatic heterocycles. The molecule has 1 aromatic rings. The second-order valence-corrected chi connectivity index (χ2v) is 4.61. The lowest BCUT2D eigenvalue weighted by Crippen LogP contribution is -2.31. The lowest BCUT2D eigenvalue weighted by Gasteiger charge is -2.24. The van der Waals surface area contributed by atoms with Crippen LogP contribution in [0.4, 0.5) is 4.39 Å². The number of aryl methyl sites for hydroxylation is 1. The van der Waals surface area contributed by atoms with Gasteiger partial charge in [0, 0.05) is 24.5 Å². The van der Waals surface area contributed by atoms with Crippen LogP contribution in [-0.4, -0.2) is 29.6 Å². The van der Waals surface area contributed by atoms with E-state index in [1.165, 1.54) is 10.6 Å². The van der Waals surface area contributed by atoms with E-state index in [0.717, 1.165) is 24.5 Å². The Labute approximate surface area is 81.4 Å². The van der Waals surface area contributed by atoms with E-state index in [1.54, 1.807) is 11.3 Å². The molecule has 0 radical (unpaired) electrons. The third-order valence-corrected chi connectivity index (χ3v) is 3.39. The van der Waals surface area contributed by atoms with Gasteiger partial charge in [-0.1, -0.05) is 0 Å². The Hall–Kier alpha value is -0.480. The van der Waals surface area contributed by atoms with Crippen LogP contribution in [0.15, 0.2) is 0 Å². The van der Waals surface area contributed by atoms with Gasteiger partial charge in [0.1, 0.15) is 6.67 Å². The van der Waals surface area contributed by atoms with Crippen LogP contribution in [-0.2, 0) is 13.0 Å². The molecular formula is C9H13FN2S. The van der Waals surface area contributed by atoms with Crippen molar-refractivity contribution in [3.8, 4) is 0 Å². The van der Waals surface area contributed by atoms with Crippen LogP contribution < -0.4 is 0 Å². The van der Waals surface area contributed by atoms with E-state index < -0.39 is 0 Å². The topological polar surface area (TPSA) is 16.1 Å². The van der Waals surface area contributed by atoms with E-state index in [9.17, 15) is 4.39 Å². The predicted molar refractivity (Wildman–Crippen MR) is 51.8 cm³/mol. The summed E-state index contributed by atoms with van der Waals surface area (Å²) in [6.07, 6.45) is 1.04. The first-order valence-corrected chi connectivity index (χ1v) is 5.35. The Kier molecular flexibility index (Phi) is 2.60. The fourth-order valence-corrected chi connectivity index (χ4v) is 2.63. The maximum absolute atomic E-state index is 12.1. The molecule has 0 N–H and O–H groups in total. The summed E-state index contributed by atoms with van der Waals surface area (Å²) in [5, 5.41) is 1.13. The first kappa shape index (κ1) is 9.09. The first-order chi connectivity index (χ1) is 6.29. The molecule has 0 aliphatic carbocycles. The van der Waals surface area contributed by atoms with Crippen LogP contribution in [0, 0.1) is 6.92 Å². The van der Waals surface area contributed by atoms with Gasteiger partial charge >= 0.3 is 0 Å². The van der Waals surface area contributed by atoms with Gasteiger partial charge in [0.25, 0.3) is 0 Å². The maximum Gasteiger partial charge on any atom is 0.102 e. The minimum absolute atomic E-state index is 0.252. The van der Waals surface area contributed by atoms with Crippen LogP contribution in [0.25, 0.3) is 0 Å². The van der Waals surface area contributed by atoms with Gasteiger partial charge in [0.05, 0.1) is 10.7 Å². The van der Waals surface area contributed by atoms with Crippen molar-refractivity contribution < 1.29 is 4.39 Å². The Morgan fingerprint density at radius 1 is 1.62 bits per heavy atom. The van der Waals surface area contributed by atoms with E-state index in [0.29, 0.717) is 6.54 Å². The Morgan fingerprint density at radius 2 is 2.46 bits per heavy atom. The summed E-state index contributed by atoms with van der Waals surface area (Å²) in [7, 11) is 0. The highest BCUT2D eigenvalue weighted by atomic mass is 32.1. The van der Waals surface area contributed by atoms with Gasteiger partial charge in [-0.2, -0.15) is 0 Å². The van der Waals surface area contributed by atoms with Crippen molar-refractivity contribution in [1.29, 1.82) is 0 Å². The molecule has 72 valence electrons. The van der Waals surface area contributed by atoms with Crippen LogP contribution in [0.3, 0.4) is 0 Å². The Balaban J connectivity index is 2.10. The van der Waals surface area contributed by atoms with E-state index in [2.05, 4.69) is 9.88 Å². The summed E-state index contributed by atoms with van der Waals surface area (Å²) in [5.74, 6) is 0. The van der Waals surface area contributed by atoms with Gasteiger partial charge in [0.15, 0.2) is 0 Å². The molecule has 2 heterocycles. The molecule has 4 heteroatoms. The highest BCUT2D eigenvalue weighted by Gasteiger charge is 2.18. The van der Waals surface area contributed by atoms with Crippen LogP contribution in [0.2, 0.25) is 0 Å². The molecule has 0 atom stereocenters. The smallest absolute Gasteiger partial charge is 0.102 e. The largest absolute Gasteiger partial charge is 0.295 e. The lowest BCUT2D eigenvalue weighted by molar-refractivity contribution is 0.229. The van der Waals surface area contributed by atoms with Crippen molar-refractivity contribution in [2.45, 2.75) is 19.9 Å². The molecule has 0 bridgehead atoms. The number of rotatable bonds is 2. The molecule has 1 aliphatic heterocycles. The third-order valence-electron chi connectivity index (χ3n) is 2.31. The van der Waals surface area contributed by atoms with Gasteiger partial charge in [-0.05, 0) is 13.3 Å². The van der Waals surface area contributed by atoms with E-state index in [1.807, 2.05) is 6.92 Å². The lowest BCUT2D eigenvalue weighted by atomic mass is 10.2. The molecule has 0 amide bonds. The number of thiazole rings is 1. The zero-order valence-electron chi connectivity index (χ0n) is 7.72. The molecule has 0 saturated heterocycles. The molecule has 2 nitrogen and oxygen atoms in total. The Morgan fingerprint density at radius 3 is 3.23 bits per heavy atom. The number of hydrogen-bond donors (Lipinski definition) is 0. The zero-order chi connectivity index (χ0) is 9.26. The minimum Gasteiger partial charge on any atom is -0.295 e. The van der Waals surface area contributed by atoms with Crippen molar-refractivity contribution in [2.24, 2.45) is 0 Å². The van der Waals surface area contributed by atoms with Gasteiger partial charge in [-0.15, -0.1) is 11.3 Å².